The van der Waals surface area contributed by atoms with Crippen molar-refractivity contribution in [2.75, 3.05) is 5.32 Å². The first-order valence-electron chi connectivity index (χ1n) is 8.78. The second kappa shape index (κ2) is 8.35. The fourth-order valence-electron chi connectivity index (χ4n) is 2.84. The summed E-state index contributed by atoms with van der Waals surface area (Å²) >= 11 is 0. The fraction of sp³-hybridized carbons (Fsp3) is 0.136. The molecule has 0 unspecified atom stereocenters. The molecule has 6 nitrogen and oxygen atoms in total. The lowest BCUT2D eigenvalue weighted by atomic mass is 10.1. The van der Waals surface area contributed by atoms with E-state index in [0.717, 1.165) is 11.1 Å². The first-order chi connectivity index (χ1) is 13.5. The van der Waals surface area contributed by atoms with E-state index >= 15 is 0 Å². The highest BCUT2D eigenvalue weighted by molar-refractivity contribution is 6.06. The first kappa shape index (κ1) is 19.1. The normalized spacial score (nSPS) is 10.4. The molecule has 0 atom stereocenters. The smallest absolute Gasteiger partial charge is 0.273 e. The Hall–Kier alpha value is -3.67. The van der Waals surface area contributed by atoms with E-state index in [9.17, 15) is 14.9 Å². The predicted octanol–water partition coefficient (Wildman–Crippen LogP) is 5.04. The highest BCUT2D eigenvalue weighted by atomic mass is 16.6. The van der Waals surface area contributed by atoms with E-state index in [1.54, 1.807) is 19.1 Å². The molecule has 3 aromatic carbocycles. The minimum atomic E-state index is -0.494. The molecule has 0 aliphatic rings. The number of hydrogen-bond acceptors (Lipinski definition) is 4. The van der Waals surface area contributed by atoms with E-state index in [1.807, 2.05) is 49.4 Å². The van der Waals surface area contributed by atoms with Gasteiger partial charge in [-0.15, -0.1) is 0 Å². The molecule has 0 spiro atoms. The van der Waals surface area contributed by atoms with Crippen LogP contribution < -0.4 is 10.1 Å². The van der Waals surface area contributed by atoms with Crippen molar-refractivity contribution in [2.45, 2.75) is 20.5 Å². The SMILES string of the molecule is Cc1ccc(NC(=O)c2cccc([N+](=O)[O-])c2C)c(OCc2ccccc2)c1. The summed E-state index contributed by atoms with van der Waals surface area (Å²) in [6, 6.07) is 19.6. The van der Waals surface area contributed by atoms with Crippen LogP contribution in [0, 0.1) is 24.0 Å². The summed E-state index contributed by atoms with van der Waals surface area (Å²) in [5.74, 6) is 0.120. The molecule has 0 aromatic heterocycles. The Bertz CT molecular complexity index is 1020. The average Bonchev–Trinajstić information content (AvgIpc) is 2.68. The molecule has 0 bridgehead atoms. The number of carbonyl (C=O) groups excluding carboxylic acids is 1. The second-order valence-corrected chi connectivity index (χ2v) is 6.43. The zero-order chi connectivity index (χ0) is 20.1. The van der Waals surface area contributed by atoms with Gasteiger partial charge in [0.25, 0.3) is 11.6 Å². The van der Waals surface area contributed by atoms with Crippen LogP contribution in [0.5, 0.6) is 5.75 Å². The maximum Gasteiger partial charge on any atom is 0.273 e. The van der Waals surface area contributed by atoms with Gasteiger partial charge in [-0.25, -0.2) is 0 Å². The Balaban J connectivity index is 1.83. The number of nitrogens with one attached hydrogen (secondary N) is 1. The molecular formula is C22H20N2O4. The van der Waals surface area contributed by atoms with Crippen molar-refractivity contribution in [3.05, 3.63) is 99.1 Å². The number of nitrogens with zero attached hydrogens (tertiary/aromatic N) is 1. The highest BCUT2D eigenvalue weighted by Gasteiger charge is 2.19. The van der Waals surface area contributed by atoms with Crippen molar-refractivity contribution in [1.82, 2.24) is 0 Å². The van der Waals surface area contributed by atoms with Gasteiger partial charge >= 0.3 is 0 Å². The number of ether oxygens (including phenoxy) is 1. The van der Waals surface area contributed by atoms with Gasteiger partial charge in [-0.1, -0.05) is 42.5 Å². The van der Waals surface area contributed by atoms with Crippen molar-refractivity contribution in [3.63, 3.8) is 0 Å². The van der Waals surface area contributed by atoms with E-state index < -0.39 is 10.8 Å². The number of anilines is 1. The molecule has 0 aliphatic carbocycles. The van der Waals surface area contributed by atoms with E-state index in [4.69, 9.17) is 4.74 Å². The summed E-state index contributed by atoms with van der Waals surface area (Å²) in [6.07, 6.45) is 0. The van der Waals surface area contributed by atoms with Gasteiger partial charge < -0.3 is 10.1 Å². The number of amides is 1. The van der Waals surface area contributed by atoms with Gasteiger partial charge in [-0.2, -0.15) is 0 Å². The van der Waals surface area contributed by atoms with Crippen LogP contribution in [-0.2, 0) is 6.61 Å². The van der Waals surface area contributed by atoms with Gasteiger partial charge in [0.15, 0.2) is 0 Å². The zero-order valence-corrected chi connectivity index (χ0v) is 15.6. The third kappa shape index (κ3) is 4.35. The molecule has 3 rings (SSSR count). The van der Waals surface area contributed by atoms with Gasteiger partial charge in [0.1, 0.15) is 12.4 Å². The monoisotopic (exact) mass is 376 g/mol. The Morgan fingerprint density at radius 3 is 2.50 bits per heavy atom. The highest BCUT2D eigenvalue weighted by Crippen LogP contribution is 2.28. The molecule has 0 fully saturated rings. The molecule has 0 heterocycles. The van der Waals surface area contributed by atoms with Crippen LogP contribution in [0.3, 0.4) is 0 Å². The molecule has 6 heteroatoms. The molecule has 0 saturated heterocycles. The zero-order valence-electron chi connectivity index (χ0n) is 15.6. The van der Waals surface area contributed by atoms with Crippen LogP contribution in [0.4, 0.5) is 11.4 Å². The predicted molar refractivity (Wildman–Crippen MR) is 108 cm³/mol. The summed E-state index contributed by atoms with van der Waals surface area (Å²) in [6.45, 7) is 3.86. The summed E-state index contributed by atoms with van der Waals surface area (Å²) in [4.78, 5) is 23.4. The van der Waals surface area contributed by atoms with Crippen molar-refractivity contribution in [1.29, 1.82) is 0 Å². The maximum absolute atomic E-state index is 12.7. The number of aryl methyl sites for hydroxylation is 1. The molecule has 1 N–H and O–H groups in total. The molecule has 142 valence electrons. The Kier molecular flexibility index (Phi) is 5.69. The largest absolute Gasteiger partial charge is 0.487 e. The first-order valence-corrected chi connectivity index (χ1v) is 8.78. The summed E-state index contributed by atoms with van der Waals surface area (Å²) in [5, 5.41) is 13.9. The lowest BCUT2D eigenvalue weighted by molar-refractivity contribution is -0.385. The Morgan fingerprint density at radius 1 is 1.04 bits per heavy atom. The Labute approximate surface area is 162 Å². The lowest BCUT2D eigenvalue weighted by Crippen LogP contribution is -2.15. The minimum absolute atomic E-state index is 0.0860. The third-order valence-corrected chi connectivity index (χ3v) is 4.37. The van der Waals surface area contributed by atoms with E-state index in [-0.39, 0.29) is 11.3 Å². The van der Waals surface area contributed by atoms with Crippen LogP contribution in [0.2, 0.25) is 0 Å². The molecular weight excluding hydrogens is 356 g/mol. The van der Waals surface area contributed by atoms with Crippen LogP contribution in [0.1, 0.15) is 27.0 Å². The minimum Gasteiger partial charge on any atom is -0.487 e. The number of rotatable bonds is 6. The lowest BCUT2D eigenvalue weighted by Gasteiger charge is -2.14. The van der Waals surface area contributed by atoms with Crippen molar-refractivity contribution >= 4 is 17.3 Å². The van der Waals surface area contributed by atoms with Crippen LogP contribution in [0.25, 0.3) is 0 Å². The quantitative estimate of drug-likeness (QED) is 0.482. The summed E-state index contributed by atoms with van der Waals surface area (Å²) in [7, 11) is 0. The topological polar surface area (TPSA) is 81.5 Å². The molecule has 28 heavy (non-hydrogen) atoms. The van der Waals surface area contributed by atoms with Crippen LogP contribution >= 0.6 is 0 Å². The van der Waals surface area contributed by atoms with Crippen LogP contribution in [0.15, 0.2) is 66.7 Å². The molecule has 1 amide bonds. The number of nitro groups is 1. The van der Waals surface area contributed by atoms with E-state index in [0.29, 0.717) is 23.6 Å². The molecule has 0 saturated carbocycles. The van der Waals surface area contributed by atoms with Crippen molar-refractivity contribution < 1.29 is 14.5 Å². The molecule has 0 radical (unpaired) electrons. The van der Waals surface area contributed by atoms with Gasteiger partial charge in [0, 0.05) is 17.2 Å². The fourth-order valence-corrected chi connectivity index (χ4v) is 2.84. The van der Waals surface area contributed by atoms with E-state index in [1.165, 1.54) is 12.1 Å². The van der Waals surface area contributed by atoms with E-state index in [2.05, 4.69) is 5.32 Å². The van der Waals surface area contributed by atoms with Crippen LogP contribution in [-0.4, -0.2) is 10.8 Å². The number of carbonyl (C=O) groups is 1. The third-order valence-electron chi connectivity index (χ3n) is 4.37. The van der Waals surface area contributed by atoms with Crippen molar-refractivity contribution in [3.8, 4) is 5.75 Å². The second-order valence-electron chi connectivity index (χ2n) is 6.43. The van der Waals surface area contributed by atoms with Crippen molar-refractivity contribution in [2.24, 2.45) is 0 Å². The van der Waals surface area contributed by atoms with Gasteiger partial charge in [-0.05, 0) is 43.2 Å². The summed E-state index contributed by atoms with van der Waals surface area (Å²) < 4.78 is 5.91. The maximum atomic E-state index is 12.7. The Morgan fingerprint density at radius 2 is 1.79 bits per heavy atom. The van der Waals surface area contributed by atoms with Gasteiger partial charge in [0.2, 0.25) is 0 Å². The number of nitro benzene ring substituents is 1. The number of benzene rings is 3. The van der Waals surface area contributed by atoms with Gasteiger partial charge in [-0.3, -0.25) is 14.9 Å². The summed E-state index contributed by atoms with van der Waals surface area (Å²) in [5.41, 5.74) is 3.01. The standard InChI is InChI=1S/C22H20N2O4/c1-15-11-12-19(21(13-15)28-14-17-7-4-3-5-8-17)23-22(25)18-9-6-10-20(16(18)2)24(26)27/h3-13H,14H2,1-2H3,(H,23,25). The average molecular weight is 376 g/mol. The number of hydrogen-bond donors (Lipinski definition) is 1. The van der Waals surface area contributed by atoms with Gasteiger partial charge in [0.05, 0.1) is 10.6 Å². The molecule has 0 aliphatic heterocycles. The molecule has 3 aromatic rings.